The fourth-order valence-corrected chi connectivity index (χ4v) is 11.8. The van der Waals surface area contributed by atoms with Crippen LogP contribution in [0.2, 0.25) is 0 Å². The number of fused-ring (bicyclic) bond motifs is 6. The molecule has 0 fully saturated rings. The maximum Gasteiger partial charge on any atom is 0.207 e. The summed E-state index contributed by atoms with van der Waals surface area (Å²) in [5.41, 5.74) is 7.86. The van der Waals surface area contributed by atoms with E-state index < -0.39 is 9.84 Å². The van der Waals surface area contributed by atoms with Crippen molar-refractivity contribution in [3.05, 3.63) is 160 Å². The minimum Gasteiger partial charge on any atom is -0.364 e. The lowest BCUT2D eigenvalue weighted by atomic mass is 9.78. The van der Waals surface area contributed by atoms with Gasteiger partial charge in [0, 0.05) is 41.0 Å². The molecule has 0 spiro atoms. The molecule has 2 aliphatic heterocycles. The number of nitrogens with zero attached hydrogens (tertiary/aromatic N) is 2. The average Bonchev–Trinajstić information content (AvgIpc) is 3.58. The number of hydrogen-bond acceptors (Lipinski definition) is 4. The van der Waals surface area contributed by atoms with E-state index >= 15 is 0 Å². The Bertz CT molecular complexity index is 2560. The van der Waals surface area contributed by atoms with Crippen LogP contribution in [0.1, 0.15) is 97.6 Å². The number of allylic oxidation sites excluding steroid dienone is 6. The van der Waals surface area contributed by atoms with E-state index in [-0.39, 0.29) is 16.9 Å². The van der Waals surface area contributed by atoms with E-state index in [0.29, 0.717) is 16.2 Å². The van der Waals surface area contributed by atoms with E-state index in [1.54, 1.807) is 12.1 Å². The first-order chi connectivity index (χ1) is 27.5. The van der Waals surface area contributed by atoms with Gasteiger partial charge in [0.1, 0.15) is 0 Å². The molecule has 0 amide bonds. The SMILES string of the molecule is CCCCN1C(=CC=C2CCCC(C=CC3N(CCCC)c4ccc5ccccc5c4C3(C)C)=C2S(=O)(=O)c2ccccc2)C(C)(C)c2c1ccc1ccccc21. The zero-order chi connectivity index (χ0) is 40.0. The van der Waals surface area contributed by atoms with Crippen molar-refractivity contribution in [2.45, 2.75) is 108 Å². The summed E-state index contributed by atoms with van der Waals surface area (Å²) < 4.78 is 29.9. The van der Waals surface area contributed by atoms with Crippen molar-refractivity contribution in [1.82, 2.24) is 0 Å². The molecule has 0 saturated heterocycles. The van der Waals surface area contributed by atoms with Gasteiger partial charge in [0.2, 0.25) is 9.84 Å². The molecule has 1 atom stereocenters. The van der Waals surface area contributed by atoms with E-state index in [1.807, 2.05) is 18.2 Å². The highest BCUT2D eigenvalue weighted by Gasteiger charge is 2.44. The Morgan fingerprint density at radius 2 is 1.30 bits per heavy atom. The normalized spacial score (nSPS) is 20.4. The first-order valence-corrected chi connectivity index (χ1v) is 22.7. The van der Waals surface area contributed by atoms with Crippen molar-refractivity contribution < 1.29 is 8.42 Å². The van der Waals surface area contributed by atoms with Crippen molar-refractivity contribution >= 4 is 42.8 Å². The van der Waals surface area contributed by atoms with Crippen LogP contribution >= 0.6 is 0 Å². The summed E-state index contributed by atoms with van der Waals surface area (Å²) in [6.07, 6.45) is 15.6. The molecular formula is C52H58N2O2S. The lowest BCUT2D eigenvalue weighted by Gasteiger charge is -2.33. The molecule has 0 radical (unpaired) electrons. The lowest BCUT2D eigenvalue weighted by Crippen LogP contribution is -2.40. The van der Waals surface area contributed by atoms with Gasteiger partial charge in [0.15, 0.2) is 0 Å². The smallest absolute Gasteiger partial charge is 0.207 e. The van der Waals surface area contributed by atoms with Gasteiger partial charge in [-0.3, -0.25) is 0 Å². The lowest BCUT2D eigenvalue weighted by molar-refractivity contribution is 0.473. The number of sulfone groups is 1. The predicted octanol–water partition coefficient (Wildman–Crippen LogP) is 13.1. The van der Waals surface area contributed by atoms with E-state index in [2.05, 4.69) is 148 Å². The van der Waals surface area contributed by atoms with Crippen LogP contribution in [0.25, 0.3) is 21.5 Å². The fourth-order valence-electron chi connectivity index (χ4n) is 10.1. The minimum atomic E-state index is -3.83. The van der Waals surface area contributed by atoms with Gasteiger partial charge < -0.3 is 9.80 Å². The molecule has 1 unspecified atom stereocenters. The highest BCUT2D eigenvalue weighted by atomic mass is 32.2. The molecule has 4 nitrogen and oxygen atoms in total. The van der Waals surface area contributed by atoms with Gasteiger partial charge in [-0.1, -0.05) is 151 Å². The van der Waals surface area contributed by atoms with Gasteiger partial charge in [-0.15, -0.1) is 0 Å². The summed E-state index contributed by atoms with van der Waals surface area (Å²) in [4.78, 5) is 5.90. The molecule has 3 aliphatic rings. The second-order valence-electron chi connectivity index (χ2n) is 17.3. The van der Waals surface area contributed by atoms with Crippen LogP contribution in [0.4, 0.5) is 11.4 Å². The van der Waals surface area contributed by atoms with Crippen LogP contribution in [0.3, 0.4) is 0 Å². The highest BCUT2D eigenvalue weighted by molar-refractivity contribution is 7.95. The van der Waals surface area contributed by atoms with Crippen molar-refractivity contribution in [1.29, 1.82) is 0 Å². The zero-order valence-electron chi connectivity index (χ0n) is 34.7. The molecule has 0 bridgehead atoms. The van der Waals surface area contributed by atoms with Gasteiger partial charge in [-0.25, -0.2) is 8.42 Å². The Hall–Kier alpha value is -4.87. The molecule has 294 valence electrons. The third-order valence-electron chi connectivity index (χ3n) is 12.9. The molecule has 5 aromatic carbocycles. The fraction of sp³-hybridized carbons (Fsp3) is 0.346. The highest BCUT2D eigenvalue weighted by Crippen LogP contribution is 2.52. The summed E-state index contributed by atoms with van der Waals surface area (Å²) in [7, 11) is -3.83. The molecule has 0 saturated carbocycles. The second kappa shape index (κ2) is 15.5. The molecule has 0 N–H and O–H groups in total. The average molecular weight is 775 g/mol. The van der Waals surface area contributed by atoms with Crippen LogP contribution in [0.5, 0.6) is 0 Å². The third-order valence-corrected chi connectivity index (χ3v) is 14.9. The first-order valence-electron chi connectivity index (χ1n) is 21.2. The van der Waals surface area contributed by atoms with E-state index in [1.165, 1.54) is 49.7 Å². The first kappa shape index (κ1) is 39.0. The largest absolute Gasteiger partial charge is 0.364 e. The van der Waals surface area contributed by atoms with Crippen LogP contribution in [0.15, 0.2) is 154 Å². The molecular weight excluding hydrogens is 717 g/mol. The molecule has 5 aromatic rings. The monoisotopic (exact) mass is 774 g/mol. The molecule has 2 heterocycles. The van der Waals surface area contributed by atoms with Gasteiger partial charge in [0.25, 0.3) is 0 Å². The standard InChI is InChI=1S/C52H58N2O2S/c1-7-9-35-53-44-31-27-37-19-14-16-25-42(37)48(44)51(3,4)46(53)33-29-39-21-18-22-40(50(39)57(55,56)41-23-12-11-13-24-41)30-34-47-52(5,6)49-43-26-17-15-20-38(43)28-32-45(49)54(47)36-10-8-2/h11-17,19-20,23-34,46H,7-10,18,21-22,35-36H2,1-6H3. The Balaban J connectivity index is 1.27. The van der Waals surface area contributed by atoms with Gasteiger partial charge in [-0.05, 0) is 106 Å². The van der Waals surface area contributed by atoms with Gasteiger partial charge in [-0.2, -0.15) is 0 Å². The molecule has 8 rings (SSSR count). The van der Waals surface area contributed by atoms with Crippen molar-refractivity contribution in [2.24, 2.45) is 0 Å². The maximum atomic E-state index is 14.9. The van der Waals surface area contributed by atoms with Crippen LogP contribution < -0.4 is 9.80 Å². The molecule has 1 aliphatic carbocycles. The van der Waals surface area contributed by atoms with E-state index in [4.69, 9.17) is 0 Å². The number of rotatable bonds is 11. The topological polar surface area (TPSA) is 40.6 Å². The summed E-state index contributed by atoms with van der Waals surface area (Å²) in [6.45, 7) is 15.8. The summed E-state index contributed by atoms with van der Waals surface area (Å²) in [5.74, 6) is 0. The Morgan fingerprint density at radius 3 is 1.98 bits per heavy atom. The quantitative estimate of drug-likeness (QED) is 0.134. The molecule has 0 aromatic heterocycles. The minimum absolute atomic E-state index is 0.0780. The van der Waals surface area contributed by atoms with Crippen LogP contribution in [-0.4, -0.2) is 27.5 Å². The van der Waals surface area contributed by atoms with Crippen LogP contribution in [0, 0.1) is 0 Å². The van der Waals surface area contributed by atoms with E-state index in [9.17, 15) is 8.42 Å². The summed E-state index contributed by atoms with van der Waals surface area (Å²) >= 11 is 0. The summed E-state index contributed by atoms with van der Waals surface area (Å²) in [5, 5.41) is 5.09. The number of hydrogen-bond donors (Lipinski definition) is 0. The number of benzene rings is 5. The Labute approximate surface area is 341 Å². The van der Waals surface area contributed by atoms with Gasteiger partial charge >= 0.3 is 0 Å². The van der Waals surface area contributed by atoms with E-state index in [0.717, 1.165) is 62.8 Å². The maximum absolute atomic E-state index is 14.9. The number of unbranched alkanes of at least 4 members (excludes halogenated alkanes) is 2. The van der Waals surface area contributed by atoms with Crippen molar-refractivity contribution in [3.8, 4) is 0 Å². The molecule has 57 heavy (non-hydrogen) atoms. The third kappa shape index (κ3) is 6.76. The number of anilines is 2. The van der Waals surface area contributed by atoms with Gasteiger partial charge in [0.05, 0.1) is 15.8 Å². The van der Waals surface area contributed by atoms with Crippen molar-refractivity contribution in [2.75, 3.05) is 22.9 Å². The molecule has 5 heteroatoms. The van der Waals surface area contributed by atoms with Crippen molar-refractivity contribution in [3.63, 3.8) is 0 Å². The summed E-state index contributed by atoms with van der Waals surface area (Å²) in [6, 6.07) is 35.6. The van der Waals surface area contributed by atoms with Crippen LogP contribution in [-0.2, 0) is 20.7 Å². The Morgan fingerprint density at radius 1 is 0.684 bits per heavy atom. The zero-order valence-corrected chi connectivity index (χ0v) is 35.5. The Kier molecular flexibility index (Phi) is 10.6. The predicted molar refractivity (Wildman–Crippen MR) is 242 cm³/mol. The second-order valence-corrected chi connectivity index (χ2v) is 19.2.